The zero-order chi connectivity index (χ0) is 18.0. The molecule has 2 heterocycles. The SMILES string of the molecule is COCCn1c(=NC(=O)CN2C(=O)CCC2=O)sc2cc(F)ccc21. The van der Waals surface area contributed by atoms with E-state index in [1.54, 1.807) is 17.7 Å². The summed E-state index contributed by atoms with van der Waals surface area (Å²) in [5, 5.41) is 0. The molecule has 0 bridgehead atoms. The van der Waals surface area contributed by atoms with Gasteiger partial charge in [-0.2, -0.15) is 4.99 Å². The predicted molar refractivity (Wildman–Crippen MR) is 88.2 cm³/mol. The third-order valence-corrected chi connectivity index (χ3v) is 4.87. The van der Waals surface area contributed by atoms with Crippen LogP contribution in [-0.4, -0.2) is 47.4 Å². The lowest BCUT2D eigenvalue weighted by atomic mass is 10.3. The van der Waals surface area contributed by atoms with Crippen molar-refractivity contribution in [3.05, 3.63) is 28.8 Å². The maximum Gasteiger partial charge on any atom is 0.268 e. The first-order valence-electron chi connectivity index (χ1n) is 7.68. The zero-order valence-corrected chi connectivity index (χ0v) is 14.3. The van der Waals surface area contributed by atoms with Gasteiger partial charge in [-0.15, -0.1) is 0 Å². The first-order valence-corrected chi connectivity index (χ1v) is 8.50. The second-order valence-electron chi connectivity index (χ2n) is 5.52. The first kappa shape index (κ1) is 17.4. The van der Waals surface area contributed by atoms with E-state index in [0.29, 0.717) is 22.7 Å². The number of rotatable bonds is 5. The topological polar surface area (TPSA) is 81.0 Å². The van der Waals surface area contributed by atoms with E-state index in [1.165, 1.54) is 23.5 Å². The van der Waals surface area contributed by atoms with Crippen LogP contribution in [0.25, 0.3) is 10.2 Å². The van der Waals surface area contributed by atoms with E-state index in [-0.39, 0.29) is 37.0 Å². The summed E-state index contributed by atoms with van der Waals surface area (Å²) in [4.78, 5) is 40.8. The van der Waals surface area contributed by atoms with E-state index < -0.39 is 5.91 Å². The van der Waals surface area contributed by atoms with Crippen molar-refractivity contribution in [2.45, 2.75) is 19.4 Å². The highest BCUT2D eigenvalue weighted by molar-refractivity contribution is 7.16. The Morgan fingerprint density at radius 3 is 2.72 bits per heavy atom. The fourth-order valence-electron chi connectivity index (χ4n) is 2.61. The van der Waals surface area contributed by atoms with Crippen LogP contribution in [0, 0.1) is 5.82 Å². The number of thiazole rings is 1. The molecule has 1 aliphatic rings. The van der Waals surface area contributed by atoms with Crippen molar-refractivity contribution in [1.82, 2.24) is 9.47 Å². The van der Waals surface area contributed by atoms with Gasteiger partial charge in [-0.1, -0.05) is 11.3 Å². The van der Waals surface area contributed by atoms with Crippen molar-refractivity contribution in [1.29, 1.82) is 0 Å². The summed E-state index contributed by atoms with van der Waals surface area (Å²) in [7, 11) is 1.56. The number of halogens is 1. The summed E-state index contributed by atoms with van der Waals surface area (Å²) in [6.07, 6.45) is 0.254. The molecule has 2 aromatic rings. The molecule has 0 N–H and O–H groups in total. The van der Waals surface area contributed by atoms with Crippen molar-refractivity contribution in [2.24, 2.45) is 4.99 Å². The molecule has 1 fully saturated rings. The number of hydrogen-bond acceptors (Lipinski definition) is 5. The smallest absolute Gasteiger partial charge is 0.268 e. The Kier molecular flexibility index (Phi) is 5.05. The summed E-state index contributed by atoms with van der Waals surface area (Å²) in [5.74, 6) is -1.70. The van der Waals surface area contributed by atoms with E-state index >= 15 is 0 Å². The molecule has 3 amide bonds. The van der Waals surface area contributed by atoms with Gasteiger partial charge < -0.3 is 9.30 Å². The van der Waals surface area contributed by atoms with Crippen molar-refractivity contribution in [3.63, 3.8) is 0 Å². The van der Waals surface area contributed by atoms with Gasteiger partial charge in [-0.3, -0.25) is 19.3 Å². The van der Waals surface area contributed by atoms with Crippen LogP contribution >= 0.6 is 11.3 Å². The lowest BCUT2D eigenvalue weighted by molar-refractivity contribution is -0.141. The van der Waals surface area contributed by atoms with Crippen molar-refractivity contribution < 1.29 is 23.5 Å². The highest BCUT2D eigenvalue weighted by Gasteiger charge is 2.30. The van der Waals surface area contributed by atoms with Crippen LogP contribution in [0.3, 0.4) is 0 Å². The number of benzene rings is 1. The van der Waals surface area contributed by atoms with Crippen LogP contribution in [0.5, 0.6) is 0 Å². The molecular formula is C16H16FN3O4S. The number of fused-ring (bicyclic) bond motifs is 1. The molecule has 25 heavy (non-hydrogen) atoms. The van der Waals surface area contributed by atoms with Crippen molar-refractivity contribution >= 4 is 39.3 Å². The monoisotopic (exact) mass is 365 g/mol. The van der Waals surface area contributed by atoms with Crippen LogP contribution in [0.4, 0.5) is 4.39 Å². The Labute approximate surface area is 146 Å². The molecule has 1 aliphatic heterocycles. The van der Waals surface area contributed by atoms with E-state index in [0.717, 1.165) is 10.4 Å². The Hall–Kier alpha value is -2.39. The van der Waals surface area contributed by atoms with Gasteiger partial charge in [0.25, 0.3) is 5.91 Å². The fraction of sp³-hybridized carbons (Fsp3) is 0.375. The summed E-state index contributed by atoms with van der Waals surface area (Å²) < 4.78 is 20.9. The number of imide groups is 1. The van der Waals surface area contributed by atoms with Crippen LogP contribution in [-0.2, 0) is 25.7 Å². The molecule has 0 radical (unpaired) electrons. The number of amides is 3. The van der Waals surface area contributed by atoms with E-state index in [2.05, 4.69) is 4.99 Å². The third kappa shape index (κ3) is 3.67. The number of hydrogen-bond donors (Lipinski definition) is 0. The number of carbonyl (C=O) groups excluding carboxylic acids is 3. The fourth-order valence-corrected chi connectivity index (χ4v) is 3.71. The first-order chi connectivity index (χ1) is 12.0. The minimum atomic E-state index is -0.596. The number of methoxy groups -OCH3 is 1. The van der Waals surface area contributed by atoms with Crippen LogP contribution in [0.15, 0.2) is 23.2 Å². The Balaban J connectivity index is 1.95. The van der Waals surface area contributed by atoms with Gasteiger partial charge >= 0.3 is 0 Å². The van der Waals surface area contributed by atoms with Gasteiger partial charge in [0.1, 0.15) is 12.4 Å². The maximum absolute atomic E-state index is 13.4. The van der Waals surface area contributed by atoms with Gasteiger partial charge in [-0.05, 0) is 18.2 Å². The molecule has 9 heteroatoms. The van der Waals surface area contributed by atoms with Gasteiger partial charge in [0.05, 0.1) is 16.8 Å². The molecule has 0 saturated carbocycles. The number of carbonyl (C=O) groups is 3. The number of likely N-dealkylation sites (tertiary alicyclic amines) is 1. The summed E-state index contributed by atoms with van der Waals surface area (Å²) in [6, 6.07) is 4.33. The van der Waals surface area contributed by atoms with E-state index in [9.17, 15) is 18.8 Å². The van der Waals surface area contributed by atoms with Crippen LogP contribution in [0.1, 0.15) is 12.8 Å². The average molecular weight is 365 g/mol. The minimum absolute atomic E-state index is 0.127. The summed E-state index contributed by atoms with van der Waals surface area (Å²) in [5.41, 5.74) is 0.739. The normalized spacial score (nSPS) is 15.6. The highest BCUT2D eigenvalue weighted by atomic mass is 32.1. The maximum atomic E-state index is 13.4. The number of ether oxygens (including phenoxy) is 1. The van der Waals surface area contributed by atoms with Crippen LogP contribution in [0.2, 0.25) is 0 Å². The summed E-state index contributed by atoms with van der Waals surface area (Å²) in [6.45, 7) is 0.466. The average Bonchev–Trinajstić information content (AvgIpc) is 3.06. The van der Waals surface area contributed by atoms with Crippen LogP contribution < -0.4 is 4.80 Å². The Bertz CT molecular complexity index is 902. The van der Waals surface area contributed by atoms with Gasteiger partial charge in [-0.25, -0.2) is 4.39 Å². The molecule has 3 rings (SSSR count). The molecule has 0 spiro atoms. The second kappa shape index (κ2) is 7.24. The Morgan fingerprint density at radius 2 is 2.04 bits per heavy atom. The molecule has 132 valence electrons. The van der Waals surface area contributed by atoms with E-state index in [4.69, 9.17) is 4.74 Å². The molecule has 0 atom stereocenters. The van der Waals surface area contributed by atoms with Gasteiger partial charge in [0.15, 0.2) is 4.80 Å². The van der Waals surface area contributed by atoms with Gasteiger partial charge in [0, 0.05) is 26.5 Å². The number of aromatic nitrogens is 1. The molecular weight excluding hydrogens is 349 g/mol. The van der Waals surface area contributed by atoms with Gasteiger partial charge in [0.2, 0.25) is 11.8 Å². The second-order valence-corrected chi connectivity index (χ2v) is 6.53. The molecule has 0 unspecified atom stereocenters. The summed E-state index contributed by atoms with van der Waals surface area (Å²) >= 11 is 1.17. The molecule has 1 saturated heterocycles. The van der Waals surface area contributed by atoms with Crippen molar-refractivity contribution in [2.75, 3.05) is 20.3 Å². The van der Waals surface area contributed by atoms with E-state index in [1.807, 2.05) is 0 Å². The quantitative estimate of drug-likeness (QED) is 0.742. The number of nitrogens with zero attached hydrogens (tertiary/aromatic N) is 3. The highest BCUT2D eigenvalue weighted by Crippen LogP contribution is 2.18. The molecule has 1 aromatic heterocycles. The molecule has 0 aliphatic carbocycles. The van der Waals surface area contributed by atoms with Crippen molar-refractivity contribution in [3.8, 4) is 0 Å². The third-order valence-electron chi connectivity index (χ3n) is 3.83. The molecule has 7 nitrogen and oxygen atoms in total. The predicted octanol–water partition coefficient (Wildman–Crippen LogP) is 1.06. The Morgan fingerprint density at radius 1 is 1.32 bits per heavy atom. The molecule has 1 aromatic carbocycles. The largest absolute Gasteiger partial charge is 0.383 e. The zero-order valence-electron chi connectivity index (χ0n) is 13.5. The minimum Gasteiger partial charge on any atom is -0.383 e. The standard InChI is InChI=1S/C16H16FN3O4S/c1-24-7-6-19-11-3-2-10(17)8-12(11)25-16(19)18-13(21)9-20-14(22)4-5-15(20)23/h2-3,8H,4-7,9H2,1H3. The lowest BCUT2D eigenvalue weighted by Crippen LogP contribution is -2.34. The lowest BCUT2D eigenvalue weighted by Gasteiger charge is -2.10.